The SMILES string of the molecule is COc1cc(/C=C2\CCCN([C@@H](C)c3ccc(F)cc3F)C2=O)ccc1-n1cnc(C)c1.COc1cc(/C=C2\CCCN([C@H](C)c3ccc(F)cc3F)C2=O)ccc1-n1cnc(C)c1. The summed E-state index contributed by atoms with van der Waals surface area (Å²) in [5.74, 6) is -1.49. The second-order valence-corrected chi connectivity index (χ2v) is 15.9. The molecular weight excluding hydrogens is 825 g/mol. The van der Waals surface area contributed by atoms with Crippen molar-refractivity contribution in [1.29, 1.82) is 0 Å². The van der Waals surface area contributed by atoms with Crippen molar-refractivity contribution in [2.75, 3.05) is 27.3 Å². The second kappa shape index (κ2) is 19.6. The molecule has 0 radical (unpaired) electrons. The van der Waals surface area contributed by atoms with Crippen molar-refractivity contribution in [3.63, 3.8) is 0 Å². The molecule has 2 atom stereocenters. The highest BCUT2D eigenvalue weighted by atomic mass is 19.1. The highest BCUT2D eigenvalue weighted by Gasteiger charge is 2.31. The number of carbonyl (C=O) groups excluding carboxylic acids is 2. The normalized spacial score (nSPS) is 16.5. The van der Waals surface area contributed by atoms with E-state index >= 15 is 0 Å². The molecule has 0 spiro atoms. The maximum Gasteiger partial charge on any atom is 0.250 e. The fourth-order valence-electron chi connectivity index (χ4n) is 8.19. The van der Waals surface area contributed by atoms with Gasteiger partial charge in [-0.15, -0.1) is 0 Å². The number of likely N-dealkylation sites (tertiary alicyclic amines) is 2. The molecule has 2 aliphatic heterocycles. The van der Waals surface area contributed by atoms with Crippen LogP contribution in [0.4, 0.5) is 17.6 Å². The van der Waals surface area contributed by atoms with Crippen molar-refractivity contribution in [2.24, 2.45) is 0 Å². The molecule has 10 nitrogen and oxygen atoms in total. The number of aryl methyl sites for hydroxylation is 2. The van der Waals surface area contributed by atoms with Crippen molar-refractivity contribution in [2.45, 2.75) is 65.5 Å². The number of carbonyl (C=O) groups is 2. The van der Waals surface area contributed by atoms with Crippen molar-refractivity contribution in [3.8, 4) is 22.9 Å². The summed E-state index contributed by atoms with van der Waals surface area (Å²) < 4.78 is 70.0. The van der Waals surface area contributed by atoms with E-state index in [2.05, 4.69) is 9.97 Å². The Hall–Kier alpha value is -6.96. The molecule has 8 rings (SSSR count). The Bertz CT molecular complexity index is 2560. The third-order valence-corrected chi connectivity index (χ3v) is 11.6. The number of piperidine rings is 2. The van der Waals surface area contributed by atoms with Gasteiger partial charge in [0.1, 0.15) is 34.8 Å². The maximum atomic E-state index is 14.3. The number of amides is 2. The highest BCUT2D eigenvalue weighted by molar-refractivity contribution is 5.99. The topological polar surface area (TPSA) is 94.7 Å². The van der Waals surface area contributed by atoms with E-state index in [4.69, 9.17) is 9.47 Å². The maximum absolute atomic E-state index is 14.3. The summed E-state index contributed by atoms with van der Waals surface area (Å²) in [4.78, 5) is 38.2. The van der Waals surface area contributed by atoms with Gasteiger partial charge < -0.3 is 28.4 Å². The lowest BCUT2D eigenvalue weighted by atomic mass is 9.97. The first-order valence-electron chi connectivity index (χ1n) is 21.1. The van der Waals surface area contributed by atoms with E-state index in [-0.39, 0.29) is 11.8 Å². The van der Waals surface area contributed by atoms with Crippen LogP contribution in [-0.2, 0) is 9.59 Å². The zero-order valence-corrected chi connectivity index (χ0v) is 36.6. The Balaban J connectivity index is 0.000000191. The van der Waals surface area contributed by atoms with Gasteiger partial charge in [-0.3, -0.25) is 9.59 Å². The van der Waals surface area contributed by atoms with E-state index in [1.54, 1.807) is 50.5 Å². The molecule has 0 saturated carbocycles. The lowest BCUT2D eigenvalue weighted by Gasteiger charge is -2.34. The number of nitrogens with zero attached hydrogens (tertiary/aromatic N) is 6. The Kier molecular flexibility index (Phi) is 13.8. The minimum atomic E-state index is -0.642. The van der Waals surface area contributed by atoms with Crippen molar-refractivity contribution < 1.29 is 36.6 Å². The number of aromatic nitrogens is 4. The Morgan fingerprint density at radius 3 is 1.34 bits per heavy atom. The highest BCUT2D eigenvalue weighted by Crippen LogP contribution is 2.34. The van der Waals surface area contributed by atoms with Gasteiger partial charge in [-0.1, -0.05) is 24.3 Å². The van der Waals surface area contributed by atoms with Crippen LogP contribution in [0.3, 0.4) is 0 Å². The standard InChI is InChI=1S/2C25H25F2N3O2/c2*1-16-14-29(15-28-16)23-9-6-18(12-24(23)32-3)11-19-5-4-10-30(25(19)31)17(2)21-8-7-20(26)13-22(21)27/h2*6-9,11-15,17H,4-5,10H2,1-3H3/b2*19-11+/t2*17-/m10/s1. The van der Waals surface area contributed by atoms with Crippen LogP contribution in [0.25, 0.3) is 23.5 Å². The zero-order chi connectivity index (χ0) is 45.7. The molecule has 2 saturated heterocycles. The van der Waals surface area contributed by atoms with E-state index < -0.39 is 35.4 Å². The molecule has 64 heavy (non-hydrogen) atoms. The number of benzene rings is 4. The van der Waals surface area contributed by atoms with E-state index in [0.717, 1.165) is 58.9 Å². The van der Waals surface area contributed by atoms with Gasteiger partial charge in [0.15, 0.2) is 0 Å². The molecule has 0 N–H and O–H groups in total. The fraction of sp³-hybridized carbons (Fsp3) is 0.280. The molecule has 0 unspecified atom stereocenters. The van der Waals surface area contributed by atoms with Crippen molar-refractivity contribution in [3.05, 3.63) is 166 Å². The van der Waals surface area contributed by atoms with Gasteiger partial charge in [0.05, 0.1) is 61.7 Å². The average molecular weight is 875 g/mol. The molecule has 2 aliphatic rings. The number of halogens is 4. The van der Waals surface area contributed by atoms with Gasteiger partial charge in [0.25, 0.3) is 0 Å². The minimum Gasteiger partial charge on any atom is -0.495 e. The molecule has 332 valence electrons. The molecule has 2 aromatic heterocycles. The number of hydrogen-bond acceptors (Lipinski definition) is 6. The van der Waals surface area contributed by atoms with Gasteiger partial charge in [0, 0.05) is 59.9 Å². The summed E-state index contributed by atoms with van der Waals surface area (Å²) in [6, 6.07) is 17.4. The van der Waals surface area contributed by atoms with Gasteiger partial charge in [-0.25, -0.2) is 27.5 Å². The van der Waals surface area contributed by atoms with Crippen LogP contribution >= 0.6 is 0 Å². The smallest absolute Gasteiger partial charge is 0.250 e. The van der Waals surface area contributed by atoms with E-state index in [1.807, 2.05) is 83.9 Å². The summed E-state index contributed by atoms with van der Waals surface area (Å²) in [7, 11) is 3.21. The molecule has 0 bridgehead atoms. The van der Waals surface area contributed by atoms with Crippen molar-refractivity contribution >= 4 is 24.0 Å². The van der Waals surface area contributed by atoms with Crippen LogP contribution in [0.2, 0.25) is 0 Å². The molecule has 14 heteroatoms. The number of methoxy groups -OCH3 is 2. The lowest BCUT2D eigenvalue weighted by Crippen LogP contribution is -2.39. The first-order valence-corrected chi connectivity index (χ1v) is 21.1. The monoisotopic (exact) mass is 874 g/mol. The second-order valence-electron chi connectivity index (χ2n) is 15.9. The largest absolute Gasteiger partial charge is 0.495 e. The van der Waals surface area contributed by atoms with E-state index in [1.165, 1.54) is 24.3 Å². The number of ether oxygens (including phenoxy) is 2. The van der Waals surface area contributed by atoms with Crippen LogP contribution in [0, 0.1) is 37.1 Å². The fourth-order valence-corrected chi connectivity index (χ4v) is 8.19. The Labute approximate surface area is 370 Å². The van der Waals surface area contributed by atoms with Crippen LogP contribution in [0.1, 0.15) is 85.3 Å². The van der Waals surface area contributed by atoms with Gasteiger partial charge in [0.2, 0.25) is 11.8 Å². The summed E-state index contributed by atoms with van der Waals surface area (Å²) in [6.07, 6.45) is 13.8. The van der Waals surface area contributed by atoms with E-state index in [0.29, 0.717) is 59.7 Å². The molecular formula is C50H50F4N6O4. The predicted molar refractivity (Wildman–Crippen MR) is 237 cm³/mol. The van der Waals surface area contributed by atoms with E-state index in [9.17, 15) is 27.2 Å². The first-order chi connectivity index (χ1) is 30.7. The predicted octanol–water partition coefficient (Wildman–Crippen LogP) is 10.5. The van der Waals surface area contributed by atoms with Crippen LogP contribution in [-0.4, -0.2) is 68.0 Å². The Morgan fingerprint density at radius 1 is 0.594 bits per heavy atom. The lowest BCUT2D eigenvalue weighted by molar-refractivity contribution is -0.131. The van der Waals surface area contributed by atoms with Crippen LogP contribution in [0.15, 0.2) is 109 Å². The number of rotatable bonds is 10. The van der Waals surface area contributed by atoms with Gasteiger partial charge >= 0.3 is 0 Å². The quantitative estimate of drug-likeness (QED) is 0.101. The average Bonchev–Trinajstić information content (AvgIpc) is 3.92. The third-order valence-electron chi connectivity index (χ3n) is 11.6. The molecule has 2 fully saturated rings. The molecule has 0 aliphatic carbocycles. The van der Waals surface area contributed by atoms with Gasteiger partial charge in [-0.2, -0.15) is 0 Å². The summed E-state index contributed by atoms with van der Waals surface area (Å²) >= 11 is 0. The third kappa shape index (κ3) is 9.96. The zero-order valence-electron chi connectivity index (χ0n) is 36.6. The first kappa shape index (κ1) is 45.1. The Morgan fingerprint density at radius 2 is 1.00 bits per heavy atom. The van der Waals surface area contributed by atoms with Crippen LogP contribution in [0.5, 0.6) is 11.5 Å². The summed E-state index contributed by atoms with van der Waals surface area (Å²) in [6.45, 7) is 8.42. The molecule has 4 heterocycles. The van der Waals surface area contributed by atoms with Gasteiger partial charge in [-0.05, 0) is 113 Å². The summed E-state index contributed by atoms with van der Waals surface area (Å²) in [5, 5.41) is 0. The van der Waals surface area contributed by atoms with Crippen LogP contribution < -0.4 is 9.47 Å². The summed E-state index contributed by atoms with van der Waals surface area (Å²) in [5.41, 5.74) is 7.11. The minimum absolute atomic E-state index is 0.138. The molecule has 2 amide bonds. The van der Waals surface area contributed by atoms with Crippen molar-refractivity contribution in [1.82, 2.24) is 28.9 Å². The number of imidazole rings is 2. The molecule has 4 aromatic carbocycles. The number of hydrogen-bond donors (Lipinski definition) is 0. The molecule has 6 aromatic rings.